The van der Waals surface area contributed by atoms with Crippen LogP contribution >= 0.6 is 0 Å². The lowest BCUT2D eigenvalue weighted by Gasteiger charge is -2.15. The second-order valence-corrected chi connectivity index (χ2v) is 13.2. The molecule has 0 saturated carbocycles. The molecule has 3 heteroatoms. The van der Waals surface area contributed by atoms with Gasteiger partial charge in [0.05, 0.1) is 0 Å². The first-order valence-corrected chi connectivity index (χ1v) is 17.6. The summed E-state index contributed by atoms with van der Waals surface area (Å²) in [5.74, 6) is 1.95. The maximum atomic E-state index is 5.12. The van der Waals surface area contributed by atoms with Gasteiger partial charge in [0, 0.05) is 16.7 Å². The van der Waals surface area contributed by atoms with Gasteiger partial charge in [-0.3, -0.25) is 0 Å². The SMILES string of the molecule is c1ccc(-c2nc(-c3cccc(-c4cccc(-c5c6ccccc6cc6c5ccc5ccccc56)c4)c3)nc(-c3cccc4ccccc34)n2)cc1. The Hall–Kier alpha value is -6.97. The molecule has 1 heterocycles. The highest BCUT2D eigenvalue weighted by atomic mass is 15.0. The molecule has 10 rings (SSSR count). The summed E-state index contributed by atoms with van der Waals surface area (Å²) in [6.45, 7) is 0. The van der Waals surface area contributed by atoms with E-state index in [4.69, 9.17) is 15.0 Å². The number of rotatable bonds is 5. The average molecular weight is 662 g/mol. The molecule has 0 unspecified atom stereocenters. The van der Waals surface area contributed by atoms with Crippen molar-refractivity contribution in [1.29, 1.82) is 0 Å². The molecule has 3 nitrogen and oxygen atoms in total. The van der Waals surface area contributed by atoms with E-state index in [1.165, 1.54) is 43.4 Å². The first kappa shape index (κ1) is 29.9. The Morgan fingerprint density at radius 1 is 0.250 bits per heavy atom. The third-order valence-electron chi connectivity index (χ3n) is 10.1. The molecule has 0 fully saturated rings. The van der Waals surface area contributed by atoms with Gasteiger partial charge in [-0.25, -0.2) is 15.0 Å². The molecule has 0 aliphatic rings. The van der Waals surface area contributed by atoms with E-state index in [1.54, 1.807) is 0 Å². The standard InChI is InChI=1S/C49H31N3/c1-2-15-34(16-3-1)47-50-48(52-49(51-47)44-26-12-18-32-13-4-7-23-40(32)44)39-22-11-20-36(30-39)35-19-10-21-38(29-35)46-42-25-9-6-17-37(42)31-45-41-24-8-5-14-33(41)27-28-43(45)46/h1-31H. The predicted molar refractivity (Wildman–Crippen MR) is 217 cm³/mol. The van der Waals surface area contributed by atoms with Crippen molar-refractivity contribution in [2.45, 2.75) is 0 Å². The van der Waals surface area contributed by atoms with Gasteiger partial charge >= 0.3 is 0 Å². The van der Waals surface area contributed by atoms with Crippen LogP contribution in [0.2, 0.25) is 0 Å². The van der Waals surface area contributed by atoms with Gasteiger partial charge in [-0.15, -0.1) is 0 Å². The van der Waals surface area contributed by atoms with Crippen LogP contribution in [0.3, 0.4) is 0 Å². The maximum absolute atomic E-state index is 5.12. The Morgan fingerprint density at radius 2 is 0.769 bits per heavy atom. The van der Waals surface area contributed by atoms with Crippen LogP contribution in [0.25, 0.3) is 99.5 Å². The van der Waals surface area contributed by atoms with Gasteiger partial charge in [-0.05, 0) is 83.5 Å². The molecule has 0 atom stereocenters. The molecule has 0 spiro atoms. The monoisotopic (exact) mass is 661 g/mol. The zero-order chi connectivity index (χ0) is 34.4. The molecule has 0 radical (unpaired) electrons. The Bertz CT molecular complexity index is 2960. The number of nitrogens with zero attached hydrogens (tertiary/aromatic N) is 3. The van der Waals surface area contributed by atoms with Gasteiger partial charge in [0.1, 0.15) is 0 Å². The van der Waals surface area contributed by atoms with Crippen molar-refractivity contribution >= 4 is 43.1 Å². The van der Waals surface area contributed by atoms with Gasteiger partial charge in [-0.1, -0.05) is 170 Å². The Morgan fingerprint density at radius 3 is 1.56 bits per heavy atom. The summed E-state index contributed by atoms with van der Waals surface area (Å²) in [5, 5.41) is 9.78. The van der Waals surface area contributed by atoms with E-state index in [1.807, 2.05) is 30.3 Å². The van der Waals surface area contributed by atoms with Crippen LogP contribution in [-0.4, -0.2) is 15.0 Å². The fraction of sp³-hybridized carbons (Fsp3) is 0. The average Bonchev–Trinajstić information content (AvgIpc) is 3.23. The van der Waals surface area contributed by atoms with Gasteiger partial charge in [0.25, 0.3) is 0 Å². The first-order chi connectivity index (χ1) is 25.8. The van der Waals surface area contributed by atoms with Crippen molar-refractivity contribution in [2.75, 3.05) is 0 Å². The quantitative estimate of drug-likeness (QED) is 0.136. The third kappa shape index (κ3) is 5.19. The van der Waals surface area contributed by atoms with Crippen LogP contribution in [0.5, 0.6) is 0 Å². The lowest BCUT2D eigenvalue weighted by Crippen LogP contribution is -2.00. The van der Waals surface area contributed by atoms with Gasteiger partial charge in [-0.2, -0.15) is 0 Å². The van der Waals surface area contributed by atoms with Gasteiger partial charge < -0.3 is 0 Å². The summed E-state index contributed by atoms with van der Waals surface area (Å²) < 4.78 is 0. The Balaban J connectivity index is 1.13. The van der Waals surface area contributed by atoms with Crippen molar-refractivity contribution in [3.8, 4) is 56.4 Å². The number of aromatic nitrogens is 3. The van der Waals surface area contributed by atoms with Crippen LogP contribution in [0.4, 0.5) is 0 Å². The number of hydrogen-bond donors (Lipinski definition) is 0. The second-order valence-electron chi connectivity index (χ2n) is 13.2. The summed E-state index contributed by atoms with van der Waals surface area (Å²) in [6.07, 6.45) is 0. The molecule has 1 aromatic heterocycles. The second kappa shape index (κ2) is 12.4. The van der Waals surface area contributed by atoms with E-state index in [-0.39, 0.29) is 0 Å². The van der Waals surface area contributed by atoms with E-state index in [2.05, 4.69) is 158 Å². The number of fused-ring (bicyclic) bond motifs is 5. The molecular weight excluding hydrogens is 631 g/mol. The molecule has 10 aromatic rings. The minimum atomic E-state index is 0.640. The number of hydrogen-bond acceptors (Lipinski definition) is 3. The van der Waals surface area contributed by atoms with Crippen molar-refractivity contribution in [3.05, 3.63) is 188 Å². The highest BCUT2D eigenvalue weighted by Crippen LogP contribution is 2.40. The third-order valence-corrected chi connectivity index (χ3v) is 10.1. The Labute approximate surface area is 301 Å². The van der Waals surface area contributed by atoms with Crippen molar-refractivity contribution in [2.24, 2.45) is 0 Å². The van der Waals surface area contributed by atoms with Crippen LogP contribution < -0.4 is 0 Å². The van der Waals surface area contributed by atoms with Crippen LogP contribution in [0.15, 0.2) is 188 Å². The fourth-order valence-electron chi connectivity index (χ4n) is 7.59. The lowest BCUT2D eigenvalue weighted by molar-refractivity contribution is 1.08. The molecule has 52 heavy (non-hydrogen) atoms. The summed E-state index contributed by atoms with van der Waals surface area (Å²) in [4.78, 5) is 15.2. The van der Waals surface area contributed by atoms with Gasteiger partial charge in [0.2, 0.25) is 0 Å². The van der Waals surface area contributed by atoms with Crippen molar-refractivity contribution < 1.29 is 0 Å². The van der Waals surface area contributed by atoms with E-state index in [0.29, 0.717) is 17.5 Å². The molecule has 0 amide bonds. The summed E-state index contributed by atoms with van der Waals surface area (Å²) in [7, 11) is 0. The van der Waals surface area contributed by atoms with Crippen LogP contribution in [0.1, 0.15) is 0 Å². The van der Waals surface area contributed by atoms with Crippen molar-refractivity contribution in [3.63, 3.8) is 0 Å². The smallest absolute Gasteiger partial charge is 0.164 e. The van der Waals surface area contributed by atoms with E-state index in [9.17, 15) is 0 Å². The molecule has 0 saturated heterocycles. The number of benzene rings is 9. The summed E-state index contributed by atoms with van der Waals surface area (Å²) >= 11 is 0. The molecule has 0 N–H and O–H groups in total. The minimum Gasteiger partial charge on any atom is -0.208 e. The lowest BCUT2D eigenvalue weighted by atomic mass is 9.89. The molecule has 9 aromatic carbocycles. The van der Waals surface area contributed by atoms with Crippen LogP contribution in [-0.2, 0) is 0 Å². The highest BCUT2D eigenvalue weighted by molar-refractivity contribution is 6.20. The molecule has 0 aliphatic heterocycles. The molecule has 0 aliphatic carbocycles. The molecule has 0 bridgehead atoms. The van der Waals surface area contributed by atoms with E-state index in [0.717, 1.165) is 38.6 Å². The normalized spacial score (nSPS) is 11.5. The minimum absolute atomic E-state index is 0.640. The Kier molecular flexibility index (Phi) is 7.14. The van der Waals surface area contributed by atoms with Crippen LogP contribution in [0, 0.1) is 0 Å². The summed E-state index contributed by atoms with van der Waals surface area (Å²) in [5.41, 5.74) is 7.54. The predicted octanol–water partition coefficient (Wildman–Crippen LogP) is 12.8. The van der Waals surface area contributed by atoms with Crippen molar-refractivity contribution in [1.82, 2.24) is 15.0 Å². The van der Waals surface area contributed by atoms with Gasteiger partial charge in [0.15, 0.2) is 17.5 Å². The molecule has 242 valence electrons. The molecular formula is C49H31N3. The van der Waals surface area contributed by atoms with E-state index < -0.39 is 0 Å². The summed E-state index contributed by atoms with van der Waals surface area (Å²) in [6, 6.07) is 66.5. The van der Waals surface area contributed by atoms with E-state index >= 15 is 0 Å². The zero-order valence-electron chi connectivity index (χ0n) is 28.2. The zero-order valence-corrected chi connectivity index (χ0v) is 28.2. The topological polar surface area (TPSA) is 38.7 Å². The largest absolute Gasteiger partial charge is 0.208 e. The maximum Gasteiger partial charge on any atom is 0.164 e. The highest BCUT2D eigenvalue weighted by Gasteiger charge is 2.16. The fourth-order valence-corrected chi connectivity index (χ4v) is 7.59. The first-order valence-electron chi connectivity index (χ1n) is 17.6.